The lowest BCUT2D eigenvalue weighted by Gasteiger charge is -1.95. The number of nitrogens with two attached hydrogens (primary N) is 1. The molecule has 2 N–H and O–H groups in total. The lowest BCUT2D eigenvalue weighted by Crippen LogP contribution is -2.00. The van der Waals surface area contributed by atoms with Crippen LogP contribution in [0.3, 0.4) is 0 Å². The molecule has 0 aliphatic rings. The molecule has 1 heterocycles. The lowest BCUT2D eigenvalue weighted by atomic mass is 10.1. The zero-order valence-corrected chi connectivity index (χ0v) is 8.58. The highest BCUT2D eigenvalue weighted by Gasteiger charge is 2.02. The van der Waals surface area contributed by atoms with Crippen LogP contribution >= 0.6 is 0 Å². The molecule has 13 heavy (non-hydrogen) atoms. The van der Waals surface area contributed by atoms with E-state index in [1.54, 1.807) is 0 Å². The van der Waals surface area contributed by atoms with Crippen molar-refractivity contribution in [2.24, 2.45) is 5.73 Å². The van der Waals surface area contributed by atoms with E-state index in [1.165, 1.54) is 5.56 Å². The van der Waals surface area contributed by atoms with Crippen LogP contribution in [0.1, 0.15) is 31.0 Å². The Balaban J connectivity index is 2.60. The minimum Gasteiger partial charge on any atom is -0.330 e. The molecule has 1 aromatic rings. The summed E-state index contributed by atoms with van der Waals surface area (Å²) in [6, 6.07) is 0. The molecule has 0 aromatic carbocycles. The van der Waals surface area contributed by atoms with Gasteiger partial charge in [-0.1, -0.05) is 6.92 Å². The molecule has 1 aromatic heterocycles. The van der Waals surface area contributed by atoms with Crippen LogP contribution < -0.4 is 5.73 Å². The van der Waals surface area contributed by atoms with Crippen molar-refractivity contribution in [3.05, 3.63) is 17.5 Å². The van der Waals surface area contributed by atoms with E-state index in [4.69, 9.17) is 5.73 Å². The molecule has 0 bridgehead atoms. The van der Waals surface area contributed by atoms with E-state index >= 15 is 0 Å². The van der Waals surface area contributed by atoms with Gasteiger partial charge in [-0.05, 0) is 38.3 Å². The molecule has 0 radical (unpaired) electrons. The van der Waals surface area contributed by atoms with Crippen molar-refractivity contribution in [3.8, 4) is 0 Å². The summed E-state index contributed by atoms with van der Waals surface area (Å²) in [6.45, 7) is 6.01. The van der Waals surface area contributed by atoms with Crippen molar-refractivity contribution in [3.63, 3.8) is 0 Å². The van der Waals surface area contributed by atoms with Gasteiger partial charge in [0.05, 0.1) is 5.69 Å². The Hall–Kier alpha value is -0.830. The fraction of sp³-hybridized carbons (Fsp3) is 0.700. The summed E-state index contributed by atoms with van der Waals surface area (Å²) in [5.74, 6) is 0. The summed E-state index contributed by atoms with van der Waals surface area (Å²) >= 11 is 0. The fourth-order valence-electron chi connectivity index (χ4n) is 1.44. The smallest absolute Gasteiger partial charge is 0.0625 e. The Morgan fingerprint density at radius 3 is 2.92 bits per heavy atom. The van der Waals surface area contributed by atoms with E-state index in [0.717, 1.165) is 38.0 Å². The summed E-state index contributed by atoms with van der Waals surface area (Å²) in [5.41, 5.74) is 7.97. The summed E-state index contributed by atoms with van der Waals surface area (Å²) in [4.78, 5) is 0. The molecular weight excluding hydrogens is 162 g/mol. The van der Waals surface area contributed by atoms with Crippen molar-refractivity contribution in [1.29, 1.82) is 0 Å². The van der Waals surface area contributed by atoms with Gasteiger partial charge in [-0.3, -0.25) is 4.68 Å². The maximum absolute atomic E-state index is 5.46. The Morgan fingerprint density at radius 1 is 1.54 bits per heavy atom. The third-order valence-electron chi connectivity index (χ3n) is 2.15. The third-order valence-corrected chi connectivity index (χ3v) is 2.15. The minimum absolute atomic E-state index is 0.762. The van der Waals surface area contributed by atoms with Crippen LogP contribution in [-0.2, 0) is 13.0 Å². The summed E-state index contributed by atoms with van der Waals surface area (Å²) < 4.78 is 2.03. The molecular formula is C10H19N3. The van der Waals surface area contributed by atoms with Crippen LogP contribution in [0.25, 0.3) is 0 Å². The molecule has 0 spiro atoms. The molecule has 74 valence electrons. The first-order chi connectivity index (χ1) is 6.27. The summed E-state index contributed by atoms with van der Waals surface area (Å²) in [6.07, 6.45) is 5.40. The first-order valence-corrected chi connectivity index (χ1v) is 5.01. The normalized spacial score (nSPS) is 10.7. The maximum atomic E-state index is 5.46. The Morgan fingerprint density at radius 2 is 2.31 bits per heavy atom. The summed E-state index contributed by atoms with van der Waals surface area (Å²) in [7, 11) is 0. The highest BCUT2D eigenvalue weighted by Crippen LogP contribution is 2.08. The standard InChI is InChI=1S/C10H19N3/c1-3-7-13-8-10(5-4-6-11)9(2)12-13/h8H,3-7,11H2,1-2H3. The van der Waals surface area contributed by atoms with Crippen LogP contribution in [0, 0.1) is 6.92 Å². The lowest BCUT2D eigenvalue weighted by molar-refractivity contribution is 0.598. The molecule has 0 saturated heterocycles. The predicted octanol–water partition coefficient (Wildman–Crippen LogP) is 1.49. The summed E-state index contributed by atoms with van der Waals surface area (Å²) in [5, 5.41) is 4.43. The van der Waals surface area contributed by atoms with Crippen LogP contribution in [0.15, 0.2) is 6.20 Å². The number of hydrogen-bond donors (Lipinski definition) is 1. The molecule has 3 heteroatoms. The number of nitrogens with zero attached hydrogens (tertiary/aromatic N) is 2. The van der Waals surface area contributed by atoms with Crippen molar-refractivity contribution in [1.82, 2.24) is 9.78 Å². The number of rotatable bonds is 5. The van der Waals surface area contributed by atoms with Gasteiger partial charge in [-0.25, -0.2) is 0 Å². The van der Waals surface area contributed by atoms with Gasteiger partial charge in [0.2, 0.25) is 0 Å². The van der Waals surface area contributed by atoms with Crippen molar-refractivity contribution in [2.45, 2.75) is 39.7 Å². The van der Waals surface area contributed by atoms with Gasteiger partial charge in [0, 0.05) is 12.7 Å². The van der Waals surface area contributed by atoms with Crippen LogP contribution in [0.4, 0.5) is 0 Å². The maximum Gasteiger partial charge on any atom is 0.0625 e. The van der Waals surface area contributed by atoms with Crippen LogP contribution in [-0.4, -0.2) is 16.3 Å². The van der Waals surface area contributed by atoms with Crippen LogP contribution in [0.5, 0.6) is 0 Å². The molecule has 0 saturated carbocycles. The van der Waals surface area contributed by atoms with Gasteiger partial charge in [0.15, 0.2) is 0 Å². The highest BCUT2D eigenvalue weighted by atomic mass is 15.3. The monoisotopic (exact) mass is 181 g/mol. The van der Waals surface area contributed by atoms with E-state index in [9.17, 15) is 0 Å². The molecule has 3 nitrogen and oxygen atoms in total. The molecule has 0 amide bonds. The largest absolute Gasteiger partial charge is 0.330 e. The van der Waals surface area contributed by atoms with Gasteiger partial charge >= 0.3 is 0 Å². The predicted molar refractivity (Wildman–Crippen MR) is 54.6 cm³/mol. The Bertz CT molecular complexity index is 253. The third kappa shape index (κ3) is 2.84. The van der Waals surface area contributed by atoms with E-state index in [2.05, 4.69) is 25.1 Å². The molecule has 0 aliphatic carbocycles. The molecule has 0 aliphatic heterocycles. The quantitative estimate of drug-likeness (QED) is 0.748. The van der Waals surface area contributed by atoms with E-state index in [0.29, 0.717) is 0 Å². The fourth-order valence-corrected chi connectivity index (χ4v) is 1.44. The zero-order valence-electron chi connectivity index (χ0n) is 8.58. The van der Waals surface area contributed by atoms with Gasteiger partial charge in [0.25, 0.3) is 0 Å². The number of aryl methyl sites for hydroxylation is 3. The van der Waals surface area contributed by atoms with Gasteiger partial charge in [0.1, 0.15) is 0 Å². The number of hydrogen-bond acceptors (Lipinski definition) is 2. The first-order valence-electron chi connectivity index (χ1n) is 5.01. The van der Waals surface area contributed by atoms with E-state index < -0.39 is 0 Å². The van der Waals surface area contributed by atoms with Crippen LogP contribution in [0.2, 0.25) is 0 Å². The Kier molecular flexibility index (Phi) is 3.96. The molecule has 1 rings (SSSR count). The highest BCUT2D eigenvalue weighted by molar-refractivity contribution is 5.15. The second-order valence-electron chi connectivity index (χ2n) is 3.40. The average molecular weight is 181 g/mol. The topological polar surface area (TPSA) is 43.8 Å². The number of aromatic nitrogens is 2. The van der Waals surface area contributed by atoms with Crippen molar-refractivity contribution < 1.29 is 0 Å². The minimum atomic E-state index is 0.762. The van der Waals surface area contributed by atoms with Gasteiger partial charge in [-0.15, -0.1) is 0 Å². The van der Waals surface area contributed by atoms with Gasteiger partial charge in [-0.2, -0.15) is 5.10 Å². The first kappa shape index (κ1) is 10.3. The van der Waals surface area contributed by atoms with Crippen molar-refractivity contribution >= 4 is 0 Å². The second kappa shape index (κ2) is 5.02. The SMILES string of the molecule is CCCn1cc(CCCN)c(C)n1. The zero-order chi connectivity index (χ0) is 9.68. The second-order valence-corrected chi connectivity index (χ2v) is 3.40. The average Bonchev–Trinajstić information content (AvgIpc) is 2.44. The van der Waals surface area contributed by atoms with Gasteiger partial charge < -0.3 is 5.73 Å². The Labute approximate surface area is 79.9 Å². The molecule has 0 unspecified atom stereocenters. The van der Waals surface area contributed by atoms with E-state index in [-0.39, 0.29) is 0 Å². The molecule has 0 fully saturated rings. The van der Waals surface area contributed by atoms with Crippen molar-refractivity contribution in [2.75, 3.05) is 6.54 Å². The van der Waals surface area contributed by atoms with E-state index in [1.807, 2.05) is 4.68 Å². The molecule has 0 atom stereocenters.